The molecule has 9 heteroatoms. The zero-order valence-electron chi connectivity index (χ0n) is 14.0. The van der Waals surface area contributed by atoms with Gasteiger partial charge >= 0.3 is 0 Å². The predicted molar refractivity (Wildman–Crippen MR) is 90.7 cm³/mol. The number of halogens is 1. The molecular formula is C16H19ClN4O4. The summed E-state index contributed by atoms with van der Waals surface area (Å²) < 4.78 is 15.7. The minimum atomic E-state index is -0.146. The van der Waals surface area contributed by atoms with Gasteiger partial charge in [0.05, 0.1) is 31.8 Å². The van der Waals surface area contributed by atoms with Crippen molar-refractivity contribution in [2.75, 3.05) is 20.8 Å². The Morgan fingerprint density at radius 2 is 2.28 bits per heavy atom. The molecule has 1 aliphatic rings. The molecule has 2 heterocycles. The molecule has 1 aromatic heterocycles. The van der Waals surface area contributed by atoms with Crippen LogP contribution in [0.2, 0.25) is 5.02 Å². The van der Waals surface area contributed by atoms with E-state index in [0.29, 0.717) is 33.8 Å². The second-order valence-electron chi connectivity index (χ2n) is 5.57. The molecule has 8 nitrogen and oxygen atoms in total. The molecule has 0 bridgehead atoms. The van der Waals surface area contributed by atoms with Gasteiger partial charge in [0.1, 0.15) is 0 Å². The number of methoxy groups -OCH3 is 2. The van der Waals surface area contributed by atoms with Gasteiger partial charge in [-0.3, -0.25) is 4.79 Å². The fourth-order valence-electron chi connectivity index (χ4n) is 2.69. The summed E-state index contributed by atoms with van der Waals surface area (Å²) in [4.78, 5) is 16.3. The van der Waals surface area contributed by atoms with E-state index in [2.05, 4.69) is 20.8 Å². The molecule has 1 fully saturated rings. The molecule has 2 aromatic rings. The summed E-state index contributed by atoms with van der Waals surface area (Å²) in [5.74, 6) is 1.51. The lowest BCUT2D eigenvalue weighted by atomic mass is 10.2. The zero-order valence-corrected chi connectivity index (χ0v) is 14.7. The third kappa shape index (κ3) is 3.85. The van der Waals surface area contributed by atoms with E-state index in [9.17, 15) is 4.79 Å². The average Bonchev–Trinajstić information content (AvgIpc) is 3.30. The van der Waals surface area contributed by atoms with Gasteiger partial charge in [0.15, 0.2) is 11.5 Å². The van der Waals surface area contributed by atoms with Crippen LogP contribution in [-0.4, -0.2) is 42.9 Å². The fourth-order valence-corrected chi connectivity index (χ4v) is 2.97. The van der Waals surface area contributed by atoms with E-state index in [1.165, 1.54) is 14.2 Å². The summed E-state index contributed by atoms with van der Waals surface area (Å²) in [6, 6.07) is 3.23. The molecule has 3 rings (SSSR count). The quantitative estimate of drug-likeness (QED) is 0.803. The maximum Gasteiger partial charge on any atom is 0.246 e. The van der Waals surface area contributed by atoms with Gasteiger partial charge in [-0.2, -0.15) is 4.98 Å². The molecule has 1 unspecified atom stereocenters. The van der Waals surface area contributed by atoms with Gasteiger partial charge in [-0.25, -0.2) is 0 Å². The Labute approximate surface area is 149 Å². The Kier molecular flexibility index (Phi) is 5.40. The van der Waals surface area contributed by atoms with E-state index >= 15 is 0 Å². The average molecular weight is 367 g/mol. The highest BCUT2D eigenvalue weighted by atomic mass is 35.5. The van der Waals surface area contributed by atoms with Crippen molar-refractivity contribution < 1.29 is 18.8 Å². The van der Waals surface area contributed by atoms with Gasteiger partial charge in [0.25, 0.3) is 0 Å². The SMILES string of the molecule is COc1cc(-c2noc(CNC(=O)C3CCCN3)n2)cc(Cl)c1OC. The van der Waals surface area contributed by atoms with E-state index in [0.717, 1.165) is 19.4 Å². The molecule has 1 saturated heterocycles. The first-order chi connectivity index (χ1) is 12.1. The number of hydrogen-bond acceptors (Lipinski definition) is 7. The maximum atomic E-state index is 12.0. The van der Waals surface area contributed by atoms with Crippen LogP contribution in [0.5, 0.6) is 11.5 Å². The first-order valence-corrected chi connectivity index (χ1v) is 8.25. The summed E-state index contributed by atoms with van der Waals surface area (Å²) in [5.41, 5.74) is 0.626. The van der Waals surface area contributed by atoms with Crippen molar-refractivity contribution in [1.29, 1.82) is 0 Å². The molecule has 0 radical (unpaired) electrons. The third-order valence-electron chi connectivity index (χ3n) is 3.95. The lowest BCUT2D eigenvalue weighted by Crippen LogP contribution is -2.40. The monoisotopic (exact) mass is 366 g/mol. The number of carbonyl (C=O) groups excluding carboxylic acids is 1. The summed E-state index contributed by atoms with van der Waals surface area (Å²) in [5, 5.41) is 10.2. The van der Waals surface area contributed by atoms with Crippen LogP contribution in [0.15, 0.2) is 16.7 Å². The van der Waals surface area contributed by atoms with Crippen LogP contribution in [0.3, 0.4) is 0 Å². The number of aromatic nitrogens is 2. The standard InChI is InChI=1S/C16H19ClN4O4/c1-23-12-7-9(6-10(17)14(12)24-2)15-20-13(25-21-15)8-19-16(22)11-4-3-5-18-11/h6-7,11,18H,3-5,8H2,1-2H3,(H,19,22). The summed E-state index contributed by atoms with van der Waals surface area (Å²) in [6.07, 6.45) is 1.84. The van der Waals surface area contributed by atoms with E-state index in [1.807, 2.05) is 0 Å². The predicted octanol–water partition coefficient (Wildman–Crippen LogP) is 1.78. The highest BCUT2D eigenvalue weighted by Crippen LogP contribution is 2.38. The van der Waals surface area contributed by atoms with Gasteiger partial charge in [-0.05, 0) is 31.5 Å². The topological polar surface area (TPSA) is 98.5 Å². The van der Waals surface area contributed by atoms with Crippen LogP contribution in [-0.2, 0) is 11.3 Å². The normalized spacial score (nSPS) is 16.7. The first-order valence-electron chi connectivity index (χ1n) is 7.88. The Bertz CT molecular complexity index is 759. The van der Waals surface area contributed by atoms with Crippen molar-refractivity contribution in [2.45, 2.75) is 25.4 Å². The molecule has 1 aliphatic heterocycles. The van der Waals surface area contributed by atoms with Crippen LogP contribution in [0.4, 0.5) is 0 Å². The van der Waals surface area contributed by atoms with Gasteiger partial charge in [-0.1, -0.05) is 16.8 Å². The molecule has 1 aromatic carbocycles. The number of benzene rings is 1. The van der Waals surface area contributed by atoms with Crippen molar-refractivity contribution in [3.8, 4) is 22.9 Å². The zero-order chi connectivity index (χ0) is 17.8. The maximum absolute atomic E-state index is 12.0. The lowest BCUT2D eigenvalue weighted by Gasteiger charge is -2.10. The molecule has 0 saturated carbocycles. The lowest BCUT2D eigenvalue weighted by molar-refractivity contribution is -0.123. The van der Waals surface area contributed by atoms with Gasteiger partial charge < -0.3 is 24.6 Å². The molecule has 134 valence electrons. The number of ether oxygens (including phenoxy) is 2. The third-order valence-corrected chi connectivity index (χ3v) is 4.23. The van der Waals surface area contributed by atoms with Gasteiger partial charge in [0, 0.05) is 5.56 Å². The Balaban J connectivity index is 1.70. The molecule has 0 spiro atoms. The van der Waals surface area contributed by atoms with E-state index < -0.39 is 0 Å². The Morgan fingerprint density at radius 3 is 2.96 bits per heavy atom. The highest BCUT2D eigenvalue weighted by Gasteiger charge is 2.22. The fraction of sp³-hybridized carbons (Fsp3) is 0.438. The second kappa shape index (κ2) is 7.71. The summed E-state index contributed by atoms with van der Waals surface area (Å²) in [7, 11) is 3.03. The van der Waals surface area contributed by atoms with Crippen molar-refractivity contribution in [2.24, 2.45) is 0 Å². The number of carbonyl (C=O) groups is 1. The highest BCUT2D eigenvalue weighted by molar-refractivity contribution is 6.32. The van der Waals surface area contributed by atoms with E-state index in [1.54, 1.807) is 12.1 Å². The number of hydrogen-bond donors (Lipinski definition) is 2. The Hall–Kier alpha value is -2.32. The van der Waals surface area contributed by atoms with Crippen LogP contribution < -0.4 is 20.1 Å². The minimum Gasteiger partial charge on any atom is -0.493 e. The van der Waals surface area contributed by atoms with Crippen molar-refractivity contribution in [3.63, 3.8) is 0 Å². The largest absolute Gasteiger partial charge is 0.493 e. The molecule has 2 N–H and O–H groups in total. The summed E-state index contributed by atoms with van der Waals surface area (Å²) >= 11 is 6.19. The van der Waals surface area contributed by atoms with Crippen LogP contribution >= 0.6 is 11.6 Å². The van der Waals surface area contributed by atoms with E-state index in [4.69, 9.17) is 25.6 Å². The number of rotatable bonds is 6. The van der Waals surface area contributed by atoms with Crippen LogP contribution in [0.1, 0.15) is 18.7 Å². The summed E-state index contributed by atoms with van der Waals surface area (Å²) in [6.45, 7) is 1.04. The van der Waals surface area contributed by atoms with Crippen LogP contribution in [0.25, 0.3) is 11.4 Å². The van der Waals surface area contributed by atoms with Crippen molar-refractivity contribution in [1.82, 2.24) is 20.8 Å². The van der Waals surface area contributed by atoms with Crippen LogP contribution in [0, 0.1) is 0 Å². The van der Waals surface area contributed by atoms with Crippen molar-refractivity contribution >= 4 is 17.5 Å². The number of nitrogens with zero attached hydrogens (tertiary/aromatic N) is 2. The molecule has 1 amide bonds. The van der Waals surface area contributed by atoms with Gasteiger partial charge in [0.2, 0.25) is 17.6 Å². The Morgan fingerprint density at radius 1 is 1.44 bits per heavy atom. The molecular weight excluding hydrogens is 348 g/mol. The minimum absolute atomic E-state index is 0.0635. The first kappa shape index (κ1) is 17.5. The van der Waals surface area contributed by atoms with Crippen molar-refractivity contribution in [3.05, 3.63) is 23.0 Å². The molecule has 0 aliphatic carbocycles. The molecule has 25 heavy (non-hydrogen) atoms. The number of amides is 1. The number of nitrogens with one attached hydrogen (secondary N) is 2. The molecule has 1 atom stereocenters. The van der Waals surface area contributed by atoms with Gasteiger partial charge in [-0.15, -0.1) is 0 Å². The van der Waals surface area contributed by atoms with E-state index in [-0.39, 0.29) is 18.5 Å². The smallest absolute Gasteiger partial charge is 0.246 e. The second-order valence-corrected chi connectivity index (χ2v) is 5.98.